The van der Waals surface area contributed by atoms with Gasteiger partial charge in [0.15, 0.2) is 11.5 Å². The lowest BCUT2D eigenvalue weighted by molar-refractivity contribution is 0.102. The number of nitrogens with one attached hydrogen (secondary N) is 1. The zero-order chi connectivity index (χ0) is 23.2. The summed E-state index contributed by atoms with van der Waals surface area (Å²) in [5, 5.41) is 11.0. The Hall–Kier alpha value is -4.46. The van der Waals surface area contributed by atoms with E-state index >= 15 is 0 Å². The number of hydrogen-bond acceptors (Lipinski definition) is 6. The summed E-state index contributed by atoms with van der Waals surface area (Å²) in [6.45, 7) is 0. The number of nitrogens with zero attached hydrogens (tertiary/aromatic N) is 2. The summed E-state index contributed by atoms with van der Waals surface area (Å²) in [4.78, 5) is 12.6. The molecule has 8 heteroatoms. The Bertz CT molecular complexity index is 1240. The average Bonchev–Trinajstić information content (AvgIpc) is 2.86. The second-order valence-electron chi connectivity index (χ2n) is 6.91. The molecule has 0 saturated carbocycles. The summed E-state index contributed by atoms with van der Waals surface area (Å²) in [5.41, 5.74) is 2.48. The number of carbonyl (C=O) groups excluding carboxylic acids is 1. The van der Waals surface area contributed by atoms with Gasteiger partial charge in [-0.3, -0.25) is 4.79 Å². The quantitative estimate of drug-likeness (QED) is 0.413. The number of ether oxygens (including phenoxy) is 3. The minimum Gasteiger partial charge on any atom is -0.493 e. The Morgan fingerprint density at radius 2 is 1.55 bits per heavy atom. The van der Waals surface area contributed by atoms with Crippen LogP contribution in [0.25, 0.3) is 11.3 Å². The van der Waals surface area contributed by atoms with E-state index in [1.54, 1.807) is 61.7 Å². The average molecular weight is 445 g/mol. The van der Waals surface area contributed by atoms with Crippen molar-refractivity contribution in [2.75, 3.05) is 19.5 Å². The van der Waals surface area contributed by atoms with Gasteiger partial charge >= 0.3 is 0 Å². The fourth-order valence-corrected chi connectivity index (χ4v) is 3.06. The summed E-state index contributed by atoms with van der Waals surface area (Å²) in [6, 6.07) is 21.2. The van der Waals surface area contributed by atoms with Gasteiger partial charge in [-0.2, -0.15) is 0 Å². The van der Waals surface area contributed by atoms with Gasteiger partial charge in [-0.25, -0.2) is 4.39 Å². The van der Waals surface area contributed by atoms with E-state index in [0.717, 1.165) is 5.56 Å². The van der Waals surface area contributed by atoms with Crippen LogP contribution < -0.4 is 19.5 Å². The van der Waals surface area contributed by atoms with Gasteiger partial charge in [0.2, 0.25) is 5.88 Å². The predicted molar refractivity (Wildman–Crippen MR) is 121 cm³/mol. The SMILES string of the molecule is COc1ccc(NC(=O)c2ccc(-c3ccc(Oc4ccc(F)cc4)nn3)cc2)cc1OC. The third-order valence-corrected chi connectivity index (χ3v) is 4.76. The van der Waals surface area contributed by atoms with Crippen molar-refractivity contribution in [2.24, 2.45) is 0 Å². The first kappa shape index (κ1) is 21.8. The molecule has 1 N–H and O–H groups in total. The molecule has 0 aliphatic heterocycles. The molecule has 0 unspecified atom stereocenters. The second kappa shape index (κ2) is 9.78. The molecular weight excluding hydrogens is 425 g/mol. The number of rotatable bonds is 7. The van der Waals surface area contributed by atoms with Gasteiger partial charge in [0, 0.05) is 28.9 Å². The highest BCUT2D eigenvalue weighted by molar-refractivity contribution is 6.04. The van der Waals surface area contributed by atoms with Crippen molar-refractivity contribution < 1.29 is 23.4 Å². The zero-order valence-electron chi connectivity index (χ0n) is 17.9. The number of hydrogen-bond donors (Lipinski definition) is 1. The number of halogens is 1. The maximum Gasteiger partial charge on any atom is 0.255 e. The van der Waals surface area contributed by atoms with Crippen LogP contribution in [-0.4, -0.2) is 30.3 Å². The van der Waals surface area contributed by atoms with Crippen molar-refractivity contribution in [2.45, 2.75) is 0 Å². The molecule has 0 spiro atoms. The molecule has 0 aliphatic rings. The van der Waals surface area contributed by atoms with Crippen LogP contribution in [0.3, 0.4) is 0 Å². The van der Waals surface area contributed by atoms with Crippen LogP contribution in [-0.2, 0) is 0 Å². The number of carbonyl (C=O) groups is 1. The molecule has 1 heterocycles. The van der Waals surface area contributed by atoms with Gasteiger partial charge in [-0.1, -0.05) is 12.1 Å². The van der Waals surface area contributed by atoms with E-state index in [-0.39, 0.29) is 17.6 Å². The first-order chi connectivity index (χ1) is 16.1. The van der Waals surface area contributed by atoms with Crippen LogP contribution in [0, 0.1) is 5.82 Å². The Labute approximate surface area is 189 Å². The van der Waals surface area contributed by atoms with Gasteiger partial charge in [-0.15, -0.1) is 10.2 Å². The second-order valence-corrected chi connectivity index (χ2v) is 6.91. The fourth-order valence-electron chi connectivity index (χ4n) is 3.06. The smallest absolute Gasteiger partial charge is 0.255 e. The molecule has 4 rings (SSSR count). The van der Waals surface area contributed by atoms with Gasteiger partial charge < -0.3 is 19.5 Å². The van der Waals surface area contributed by atoms with Crippen LogP contribution in [0.1, 0.15) is 10.4 Å². The maximum absolute atomic E-state index is 13.0. The minimum atomic E-state index is -0.343. The molecule has 0 fully saturated rings. The molecule has 1 amide bonds. The molecular formula is C25H20FN3O4. The molecule has 0 radical (unpaired) electrons. The van der Waals surface area contributed by atoms with E-state index in [9.17, 15) is 9.18 Å². The van der Waals surface area contributed by atoms with E-state index in [1.165, 1.54) is 31.4 Å². The normalized spacial score (nSPS) is 10.4. The monoisotopic (exact) mass is 445 g/mol. The van der Waals surface area contributed by atoms with Gasteiger partial charge in [0.25, 0.3) is 5.91 Å². The standard InChI is InChI=1S/C25H20FN3O4/c1-31-22-13-9-19(15-23(22)32-2)27-25(30)17-5-3-16(4-6-17)21-12-14-24(29-28-21)33-20-10-7-18(26)8-11-20/h3-15H,1-2H3,(H,27,30). The molecule has 1 aromatic heterocycles. The van der Waals surface area contributed by atoms with E-state index in [1.807, 2.05) is 0 Å². The van der Waals surface area contributed by atoms with Gasteiger partial charge in [-0.05, 0) is 54.6 Å². The summed E-state index contributed by atoms with van der Waals surface area (Å²) in [6.07, 6.45) is 0. The fraction of sp³-hybridized carbons (Fsp3) is 0.0800. The largest absolute Gasteiger partial charge is 0.493 e. The summed E-state index contributed by atoms with van der Waals surface area (Å²) >= 11 is 0. The topological polar surface area (TPSA) is 82.6 Å². The Kier molecular flexibility index (Phi) is 6.45. The van der Waals surface area contributed by atoms with Crippen LogP contribution in [0.15, 0.2) is 78.9 Å². The van der Waals surface area contributed by atoms with E-state index < -0.39 is 0 Å². The Morgan fingerprint density at radius 3 is 2.18 bits per heavy atom. The summed E-state index contributed by atoms with van der Waals surface area (Å²) < 4.78 is 29.0. The molecule has 0 aliphatic carbocycles. The molecule has 3 aromatic carbocycles. The van der Waals surface area contributed by atoms with E-state index in [2.05, 4.69) is 15.5 Å². The third kappa shape index (κ3) is 5.24. The number of anilines is 1. The molecule has 7 nitrogen and oxygen atoms in total. The van der Waals surface area contributed by atoms with Crippen LogP contribution in [0.4, 0.5) is 10.1 Å². The van der Waals surface area contributed by atoms with E-state index in [4.69, 9.17) is 14.2 Å². The molecule has 166 valence electrons. The first-order valence-corrected chi connectivity index (χ1v) is 9.96. The maximum atomic E-state index is 13.0. The van der Waals surface area contributed by atoms with Crippen molar-refractivity contribution in [3.8, 4) is 34.4 Å². The summed E-state index contributed by atoms with van der Waals surface area (Å²) in [7, 11) is 3.08. The number of benzene rings is 3. The van der Waals surface area contributed by atoms with Gasteiger partial charge in [0.05, 0.1) is 19.9 Å². The van der Waals surface area contributed by atoms with Crippen LogP contribution >= 0.6 is 0 Å². The molecule has 0 atom stereocenters. The molecule has 0 saturated heterocycles. The van der Waals surface area contributed by atoms with Crippen molar-refractivity contribution in [1.29, 1.82) is 0 Å². The predicted octanol–water partition coefficient (Wildman–Crippen LogP) is 5.34. The highest BCUT2D eigenvalue weighted by Crippen LogP contribution is 2.30. The highest BCUT2D eigenvalue weighted by atomic mass is 19.1. The Morgan fingerprint density at radius 1 is 0.818 bits per heavy atom. The van der Waals surface area contributed by atoms with Crippen molar-refractivity contribution in [1.82, 2.24) is 10.2 Å². The lowest BCUT2D eigenvalue weighted by Gasteiger charge is -2.11. The van der Waals surface area contributed by atoms with Crippen molar-refractivity contribution in [3.05, 3.63) is 90.2 Å². The van der Waals surface area contributed by atoms with Gasteiger partial charge in [0.1, 0.15) is 11.6 Å². The molecule has 4 aromatic rings. The lowest BCUT2D eigenvalue weighted by Crippen LogP contribution is -2.11. The van der Waals surface area contributed by atoms with E-state index in [0.29, 0.717) is 34.2 Å². The first-order valence-electron chi connectivity index (χ1n) is 9.96. The lowest BCUT2D eigenvalue weighted by atomic mass is 10.1. The number of methoxy groups -OCH3 is 2. The molecule has 0 bridgehead atoms. The Balaban J connectivity index is 1.42. The van der Waals surface area contributed by atoms with Crippen LogP contribution in [0.5, 0.6) is 23.1 Å². The summed E-state index contributed by atoms with van der Waals surface area (Å²) in [5.74, 6) is 1.25. The van der Waals surface area contributed by atoms with Crippen molar-refractivity contribution in [3.63, 3.8) is 0 Å². The van der Waals surface area contributed by atoms with Crippen LogP contribution in [0.2, 0.25) is 0 Å². The number of amides is 1. The molecule has 33 heavy (non-hydrogen) atoms. The zero-order valence-corrected chi connectivity index (χ0v) is 17.9. The number of aromatic nitrogens is 2. The highest BCUT2D eigenvalue weighted by Gasteiger charge is 2.10. The minimum absolute atomic E-state index is 0.261. The van der Waals surface area contributed by atoms with Crippen molar-refractivity contribution >= 4 is 11.6 Å². The third-order valence-electron chi connectivity index (χ3n) is 4.76.